The largest absolute Gasteiger partial charge is 0.435 e. The SMILES string of the molecule is CCCN(Cc1c(C)nn(-c2ccccc2)c1Oc1ccccc1F)CC(O)COCC(C)C. The Morgan fingerprint density at radius 2 is 1.76 bits per heavy atom. The van der Waals surface area contributed by atoms with E-state index in [0.717, 1.165) is 29.9 Å². The molecule has 0 aliphatic carbocycles. The Morgan fingerprint density at radius 1 is 1.06 bits per heavy atom. The fourth-order valence-corrected chi connectivity index (χ4v) is 3.77. The molecular weight excluding hydrogens is 433 g/mol. The van der Waals surface area contributed by atoms with Crippen molar-refractivity contribution in [1.82, 2.24) is 14.7 Å². The summed E-state index contributed by atoms with van der Waals surface area (Å²) in [5.74, 6) is 0.601. The van der Waals surface area contributed by atoms with E-state index in [9.17, 15) is 9.50 Å². The molecule has 6 nitrogen and oxygen atoms in total. The standard InChI is InChI=1S/C27H36FN3O3/c1-5-15-30(16-23(32)19-33-18-20(2)3)17-24-21(4)29-31(22-11-7-6-8-12-22)27(24)34-26-14-10-9-13-25(26)28/h6-14,20,23,32H,5,15-19H2,1-4H3. The number of hydrogen-bond acceptors (Lipinski definition) is 5. The Hall–Kier alpha value is -2.74. The molecule has 3 aromatic rings. The van der Waals surface area contributed by atoms with Crippen LogP contribution in [0.1, 0.15) is 38.4 Å². The minimum Gasteiger partial charge on any atom is -0.435 e. The molecule has 1 N–H and O–H groups in total. The van der Waals surface area contributed by atoms with E-state index >= 15 is 0 Å². The van der Waals surface area contributed by atoms with Crippen LogP contribution in [0.4, 0.5) is 4.39 Å². The lowest BCUT2D eigenvalue weighted by molar-refractivity contribution is 0.00681. The van der Waals surface area contributed by atoms with Crippen molar-refractivity contribution in [1.29, 1.82) is 0 Å². The van der Waals surface area contributed by atoms with Crippen molar-refractivity contribution in [3.05, 3.63) is 71.7 Å². The Balaban J connectivity index is 1.89. The summed E-state index contributed by atoms with van der Waals surface area (Å²) >= 11 is 0. The first-order valence-corrected chi connectivity index (χ1v) is 11.9. The second kappa shape index (κ2) is 12.6. The van der Waals surface area contributed by atoms with E-state index in [0.29, 0.717) is 38.1 Å². The number of halogens is 1. The van der Waals surface area contributed by atoms with E-state index < -0.39 is 11.9 Å². The normalized spacial score (nSPS) is 12.5. The Kier molecular flexibility index (Phi) is 9.62. The fourth-order valence-electron chi connectivity index (χ4n) is 3.77. The third-order valence-corrected chi connectivity index (χ3v) is 5.33. The van der Waals surface area contributed by atoms with Crippen molar-refractivity contribution in [2.45, 2.75) is 46.8 Å². The number of aliphatic hydroxyl groups excluding tert-OH is 1. The Morgan fingerprint density at radius 3 is 2.44 bits per heavy atom. The second-order valence-corrected chi connectivity index (χ2v) is 8.97. The van der Waals surface area contributed by atoms with Gasteiger partial charge in [-0.1, -0.05) is 51.1 Å². The van der Waals surface area contributed by atoms with Gasteiger partial charge in [-0.05, 0) is 50.1 Å². The molecule has 1 atom stereocenters. The lowest BCUT2D eigenvalue weighted by atomic mass is 10.2. The lowest BCUT2D eigenvalue weighted by Gasteiger charge is -2.25. The molecule has 1 unspecified atom stereocenters. The quantitative estimate of drug-likeness (QED) is 0.365. The molecule has 7 heteroatoms. The van der Waals surface area contributed by atoms with E-state index in [-0.39, 0.29) is 5.75 Å². The summed E-state index contributed by atoms with van der Waals surface area (Å²) in [6, 6.07) is 16.0. The molecule has 0 aliphatic heterocycles. The molecule has 0 spiro atoms. The number of rotatable bonds is 13. The molecule has 184 valence electrons. The zero-order chi connectivity index (χ0) is 24.5. The lowest BCUT2D eigenvalue weighted by Crippen LogP contribution is -2.35. The number of para-hydroxylation sites is 2. The van der Waals surface area contributed by atoms with Gasteiger partial charge >= 0.3 is 0 Å². The van der Waals surface area contributed by atoms with Gasteiger partial charge in [0.2, 0.25) is 5.88 Å². The van der Waals surface area contributed by atoms with E-state index in [4.69, 9.17) is 14.6 Å². The molecule has 0 saturated heterocycles. The number of aryl methyl sites for hydroxylation is 1. The van der Waals surface area contributed by atoms with Gasteiger partial charge in [0.1, 0.15) is 0 Å². The molecule has 0 fully saturated rings. The van der Waals surface area contributed by atoms with Crippen LogP contribution in [-0.4, -0.2) is 52.2 Å². The van der Waals surface area contributed by atoms with E-state index in [2.05, 4.69) is 25.7 Å². The Bertz CT molecular complexity index is 1020. The first kappa shape index (κ1) is 25.9. The number of ether oxygens (including phenoxy) is 2. The minimum atomic E-state index is -0.606. The Labute approximate surface area is 201 Å². The van der Waals surface area contributed by atoms with Gasteiger partial charge in [0.15, 0.2) is 11.6 Å². The van der Waals surface area contributed by atoms with Crippen LogP contribution in [-0.2, 0) is 11.3 Å². The van der Waals surface area contributed by atoms with Gasteiger partial charge in [-0.25, -0.2) is 9.07 Å². The number of aromatic nitrogens is 2. The summed E-state index contributed by atoms with van der Waals surface area (Å²) in [4.78, 5) is 2.16. The van der Waals surface area contributed by atoms with Gasteiger partial charge in [-0.15, -0.1) is 0 Å². The van der Waals surface area contributed by atoms with Crippen molar-refractivity contribution >= 4 is 0 Å². The maximum atomic E-state index is 14.5. The monoisotopic (exact) mass is 469 g/mol. The van der Waals surface area contributed by atoms with E-state index in [1.54, 1.807) is 22.9 Å². The maximum absolute atomic E-state index is 14.5. The van der Waals surface area contributed by atoms with Gasteiger partial charge in [-0.2, -0.15) is 5.10 Å². The predicted octanol–water partition coefficient (Wildman–Crippen LogP) is 5.36. The van der Waals surface area contributed by atoms with Crippen LogP contribution in [0.3, 0.4) is 0 Å². The van der Waals surface area contributed by atoms with Crippen LogP contribution in [0, 0.1) is 18.7 Å². The molecule has 0 amide bonds. The predicted molar refractivity (Wildman–Crippen MR) is 132 cm³/mol. The van der Waals surface area contributed by atoms with E-state index in [1.165, 1.54) is 6.07 Å². The highest BCUT2D eigenvalue weighted by molar-refractivity contribution is 5.43. The molecule has 0 radical (unpaired) electrons. The van der Waals surface area contributed by atoms with Crippen LogP contribution in [0.15, 0.2) is 54.6 Å². The topological polar surface area (TPSA) is 59.8 Å². The van der Waals surface area contributed by atoms with Gasteiger partial charge in [0.25, 0.3) is 0 Å². The first-order chi connectivity index (χ1) is 16.4. The van der Waals surface area contributed by atoms with Crippen LogP contribution in [0.25, 0.3) is 5.69 Å². The zero-order valence-electron chi connectivity index (χ0n) is 20.6. The highest BCUT2D eigenvalue weighted by atomic mass is 19.1. The number of benzene rings is 2. The van der Waals surface area contributed by atoms with Crippen molar-refractivity contribution < 1.29 is 19.0 Å². The third kappa shape index (κ3) is 7.13. The maximum Gasteiger partial charge on any atom is 0.227 e. The molecular formula is C27H36FN3O3. The summed E-state index contributed by atoms with van der Waals surface area (Å²) in [5, 5.41) is 15.3. The van der Waals surface area contributed by atoms with Gasteiger partial charge in [-0.3, -0.25) is 4.90 Å². The summed E-state index contributed by atoms with van der Waals surface area (Å²) in [6.07, 6.45) is 0.320. The van der Waals surface area contributed by atoms with Crippen molar-refractivity contribution in [2.24, 2.45) is 5.92 Å². The number of aliphatic hydroxyl groups is 1. The average molecular weight is 470 g/mol. The highest BCUT2D eigenvalue weighted by Gasteiger charge is 2.23. The summed E-state index contributed by atoms with van der Waals surface area (Å²) in [7, 11) is 0. The van der Waals surface area contributed by atoms with Crippen molar-refractivity contribution in [3.63, 3.8) is 0 Å². The number of nitrogens with zero attached hydrogens (tertiary/aromatic N) is 3. The average Bonchev–Trinajstić information content (AvgIpc) is 3.11. The van der Waals surface area contributed by atoms with Gasteiger partial charge in [0.05, 0.1) is 29.7 Å². The summed E-state index contributed by atoms with van der Waals surface area (Å²) < 4.78 is 27.9. The molecule has 0 saturated carbocycles. The molecule has 2 aromatic carbocycles. The molecule has 1 heterocycles. The molecule has 0 bridgehead atoms. The van der Waals surface area contributed by atoms with Gasteiger partial charge < -0.3 is 14.6 Å². The molecule has 34 heavy (non-hydrogen) atoms. The zero-order valence-corrected chi connectivity index (χ0v) is 20.6. The third-order valence-electron chi connectivity index (χ3n) is 5.33. The first-order valence-electron chi connectivity index (χ1n) is 11.9. The van der Waals surface area contributed by atoms with Crippen molar-refractivity contribution in [2.75, 3.05) is 26.3 Å². The van der Waals surface area contributed by atoms with Crippen LogP contribution < -0.4 is 4.74 Å². The summed E-state index contributed by atoms with van der Waals surface area (Å²) in [5.41, 5.74) is 2.48. The second-order valence-electron chi connectivity index (χ2n) is 8.97. The van der Waals surface area contributed by atoms with E-state index in [1.807, 2.05) is 37.3 Å². The number of hydrogen-bond donors (Lipinski definition) is 1. The van der Waals surface area contributed by atoms with Crippen LogP contribution >= 0.6 is 0 Å². The van der Waals surface area contributed by atoms with Crippen LogP contribution in [0.5, 0.6) is 11.6 Å². The minimum absolute atomic E-state index is 0.144. The van der Waals surface area contributed by atoms with Crippen molar-refractivity contribution in [3.8, 4) is 17.3 Å². The smallest absolute Gasteiger partial charge is 0.227 e. The molecule has 3 rings (SSSR count). The van der Waals surface area contributed by atoms with Crippen LogP contribution in [0.2, 0.25) is 0 Å². The fraction of sp³-hybridized carbons (Fsp3) is 0.444. The van der Waals surface area contributed by atoms with Gasteiger partial charge in [0, 0.05) is 19.7 Å². The molecule has 0 aliphatic rings. The highest BCUT2D eigenvalue weighted by Crippen LogP contribution is 2.32. The summed E-state index contributed by atoms with van der Waals surface area (Å²) in [6.45, 7) is 10.9. The molecule has 1 aromatic heterocycles.